The molecule has 0 spiro atoms. The lowest BCUT2D eigenvalue weighted by molar-refractivity contribution is -0.133. The third-order valence-corrected chi connectivity index (χ3v) is 4.49. The molecule has 2 heterocycles. The van der Waals surface area contributed by atoms with E-state index in [2.05, 4.69) is 54.8 Å². The number of carbonyl (C=O) groups is 1. The van der Waals surface area contributed by atoms with E-state index in [1.54, 1.807) is 0 Å². The Balaban J connectivity index is 1.73. The highest BCUT2D eigenvalue weighted by Gasteiger charge is 2.34. The Hall–Kier alpha value is -1.51. The molecule has 0 aromatic heterocycles. The number of fused-ring (bicyclic) bond motifs is 3. The molecule has 1 fully saturated rings. The maximum absolute atomic E-state index is 12.5. The molecule has 3 heteroatoms. The number of carbonyl (C=O) groups excluding carboxylic acids is 1. The van der Waals surface area contributed by atoms with Crippen molar-refractivity contribution in [2.75, 3.05) is 24.5 Å². The summed E-state index contributed by atoms with van der Waals surface area (Å²) in [5.41, 5.74) is 2.89. The van der Waals surface area contributed by atoms with Gasteiger partial charge in [0.1, 0.15) is 0 Å². The van der Waals surface area contributed by atoms with Crippen LogP contribution < -0.4 is 4.90 Å². The maximum atomic E-state index is 12.5. The second kappa shape index (κ2) is 5.36. The summed E-state index contributed by atoms with van der Waals surface area (Å²) in [5.74, 6) is 0.320. The first-order valence-electron chi connectivity index (χ1n) is 8.06. The van der Waals surface area contributed by atoms with Gasteiger partial charge in [-0.05, 0) is 29.9 Å². The third kappa shape index (κ3) is 3.07. The maximum Gasteiger partial charge on any atom is 0.223 e. The molecular weight excluding hydrogens is 260 g/mol. The molecule has 0 aliphatic carbocycles. The van der Waals surface area contributed by atoms with Gasteiger partial charge in [0.25, 0.3) is 0 Å². The highest BCUT2D eigenvalue weighted by atomic mass is 16.2. The second-order valence-electron chi connectivity index (χ2n) is 7.61. The van der Waals surface area contributed by atoms with Crippen LogP contribution >= 0.6 is 0 Å². The van der Waals surface area contributed by atoms with E-state index >= 15 is 0 Å². The lowest BCUT2D eigenvalue weighted by atomic mass is 9.91. The fourth-order valence-electron chi connectivity index (χ4n) is 3.56. The molecule has 1 amide bonds. The summed E-state index contributed by atoms with van der Waals surface area (Å²) in [6, 6.07) is 9.16. The Morgan fingerprint density at radius 3 is 2.76 bits per heavy atom. The lowest BCUT2D eigenvalue weighted by Gasteiger charge is -2.29. The lowest BCUT2D eigenvalue weighted by Crippen LogP contribution is -2.42. The van der Waals surface area contributed by atoms with Crippen LogP contribution in [-0.4, -0.2) is 36.5 Å². The van der Waals surface area contributed by atoms with Crippen molar-refractivity contribution in [2.24, 2.45) is 5.41 Å². The molecule has 0 N–H and O–H groups in total. The van der Waals surface area contributed by atoms with Gasteiger partial charge in [0, 0.05) is 31.7 Å². The summed E-state index contributed by atoms with van der Waals surface area (Å²) in [5, 5.41) is 0. The van der Waals surface area contributed by atoms with Crippen molar-refractivity contribution in [3.8, 4) is 0 Å². The van der Waals surface area contributed by atoms with Gasteiger partial charge in [-0.3, -0.25) is 4.79 Å². The average molecular weight is 286 g/mol. The largest absolute Gasteiger partial charge is 0.366 e. The van der Waals surface area contributed by atoms with Crippen molar-refractivity contribution < 1.29 is 4.79 Å². The molecule has 1 atom stereocenters. The highest BCUT2D eigenvalue weighted by Crippen LogP contribution is 2.34. The summed E-state index contributed by atoms with van der Waals surface area (Å²) in [6.45, 7) is 9.27. The van der Waals surface area contributed by atoms with Gasteiger partial charge in [-0.25, -0.2) is 0 Å². The number of hydrogen-bond acceptors (Lipinski definition) is 2. The van der Waals surface area contributed by atoms with Gasteiger partial charge in [0.05, 0.1) is 6.04 Å². The van der Waals surface area contributed by atoms with Gasteiger partial charge >= 0.3 is 0 Å². The Kier molecular flexibility index (Phi) is 3.68. The Bertz CT molecular complexity index is 532. The molecule has 3 nitrogen and oxygen atoms in total. The van der Waals surface area contributed by atoms with E-state index in [0.717, 1.165) is 32.5 Å². The van der Waals surface area contributed by atoms with Gasteiger partial charge < -0.3 is 9.80 Å². The zero-order valence-corrected chi connectivity index (χ0v) is 13.4. The van der Waals surface area contributed by atoms with Crippen molar-refractivity contribution in [1.82, 2.24) is 4.90 Å². The molecule has 0 radical (unpaired) electrons. The van der Waals surface area contributed by atoms with Crippen molar-refractivity contribution in [1.29, 1.82) is 0 Å². The predicted octanol–water partition coefficient (Wildman–Crippen LogP) is 3.09. The summed E-state index contributed by atoms with van der Waals surface area (Å²) in [4.78, 5) is 17.1. The first-order valence-corrected chi connectivity index (χ1v) is 8.06. The Morgan fingerprint density at radius 1 is 1.24 bits per heavy atom. The van der Waals surface area contributed by atoms with Crippen molar-refractivity contribution >= 4 is 11.6 Å². The van der Waals surface area contributed by atoms with Crippen LogP contribution in [-0.2, 0) is 11.2 Å². The Morgan fingerprint density at radius 2 is 2.00 bits per heavy atom. The van der Waals surface area contributed by atoms with Crippen molar-refractivity contribution in [2.45, 2.75) is 46.1 Å². The first-order chi connectivity index (χ1) is 9.94. The fraction of sp³-hybridized carbons (Fsp3) is 0.611. The van der Waals surface area contributed by atoms with Gasteiger partial charge in [0.2, 0.25) is 5.91 Å². The zero-order valence-electron chi connectivity index (χ0n) is 13.4. The molecule has 114 valence electrons. The predicted molar refractivity (Wildman–Crippen MR) is 86.5 cm³/mol. The van der Waals surface area contributed by atoms with Gasteiger partial charge in [-0.2, -0.15) is 0 Å². The molecule has 1 aromatic carbocycles. The van der Waals surface area contributed by atoms with Gasteiger partial charge in [-0.1, -0.05) is 39.0 Å². The molecule has 2 aliphatic rings. The number of hydrogen-bond donors (Lipinski definition) is 0. The quantitative estimate of drug-likeness (QED) is 0.792. The number of rotatable bonds is 1. The van der Waals surface area contributed by atoms with E-state index in [4.69, 9.17) is 0 Å². The molecule has 3 rings (SSSR count). The Labute approximate surface area is 127 Å². The van der Waals surface area contributed by atoms with Crippen LogP contribution in [0.4, 0.5) is 5.69 Å². The third-order valence-electron chi connectivity index (χ3n) is 4.49. The number of benzene rings is 1. The summed E-state index contributed by atoms with van der Waals surface area (Å²) in [6.07, 6.45) is 2.79. The van der Waals surface area contributed by atoms with E-state index in [9.17, 15) is 4.79 Å². The van der Waals surface area contributed by atoms with Crippen LogP contribution in [0.25, 0.3) is 0 Å². The van der Waals surface area contributed by atoms with E-state index in [-0.39, 0.29) is 5.41 Å². The molecule has 2 aliphatic heterocycles. The molecule has 0 saturated carbocycles. The van der Waals surface area contributed by atoms with Crippen LogP contribution in [0.3, 0.4) is 0 Å². The van der Waals surface area contributed by atoms with Crippen LogP contribution in [0.5, 0.6) is 0 Å². The molecule has 21 heavy (non-hydrogen) atoms. The zero-order chi connectivity index (χ0) is 15.0. The summed E-state index contributed by atoms with van der Waals surface area (Å²) < 4.78 is 0. The number of nitrogens with zero attached hydrogens (tertiary/aromatic N) is 2. The molecule has 1 aromatic rings. The molecule has 0 bridgehead atoms. The van der Waals surface area contributed by atoms with Crippen molar-refractivity contribution in [3.63, 3.8) is 0 Å². The normalized spacial score (nSPS) is 21.8. The second-order valence-corrected chi connectivity index (χ2v) is 7.61. The minimum absolute atomic E-state index is 0.0711. The van der Waals surface area contributed by atoms with Crippen LogP contribution in [0, 0.1) is 5.41 Å². The number of amides is 1. The van der Waals surface area contributed by atoms with E-state index in [0.29, 0.717) is 18.4 Å². The fourth-order valence-corrected chi connectivity index (χ4v) is 3.56. The molecular formula is C18H26N2O. The van der Waals surface area contributed by atoms with Gasteiger partial charge in [0.15, 0.2) is 0 Å². The molecule has 1 unspecified atom stereocenters. The monoisotopic (exact) mass is 286 g/mol. The standard InChI is InChI=1S/C18H26N2O/c1-18(2,3)12-17(21)19-9-6-10-20-15(13-19)11-14-7-4-5-8-16(14)20/h4-5,7-8,15H,6,9-13H2,1-3H3. The van der Waals surface area contributed by atoms with Gasteiger partial charge in [-0.15, -0.1) is 0 Å². The van der Waals surface area contributed by atoms with Crippen LogP contribution in [0.2, 0.25) is 0 Å². The summed E-state index contributed by atoms with van der Waals surface area (Å²) in [7, 11) is 0. The highest BCUT2D eigenvalue weighted by molar-refractivity contribution is 5.77. The average Bonchev–Trinajstić information content (AvgIpc) is 2.60. The summed E-state index contributed by atoms with van der Waals surface area (Å²) >= 11 is 0. The van der Waals surface area contributed by atoms with Crippen LogP contribution in [0.1, 0.15) is 39.2 Å². The minimum Gasteiger partial charge on any atom is -0.366 e. The smallest absolute Gasteiger partial charge is 0.223 e. The number of para-hydroxylation sites is 1. The first kappa shape index (κ1) is 14.4. The van der Waals surface area contributed by atoms with Crippen molar-refractivity contribution in [3.05, 3.63) is 29.8 Å². The van der Waals surface area contributed by atoms with Crippen LogP contribution in [0.15, 0.2) is 24.3 Å². The van der Waals surface area contributed by atoms with E-state index in [1.807, 2.05) is 0 Å². The number of anilines is 1. The minimum atomic E-state index is 0.0711. The van der Waals surface area contributed by atoms with E-state index < -0.39 is 0 Å². The molecule has 1 saturated heterocycles. The van der Waals surface area contributed by atoms with E-state index in [1.165, 1.54) is 11.3 Å². The SMILES string of the molecule is CC(C)(C)CC(=O)N1CCCN2c3ccccc3CC2C1. The topological polar surface area (TPSA) is 23.6 Å².